The quantitative estimate of drug-likeness (QED) is 0.531. The molecule has 1 N–H and O–H groups in total. The van der Waals surface area contributed by atoms with Crippen molar-refractivity contribution in [2.24, 2.45) is 0 Å². The van der Waals surface area contributed by atoms with Gasteiger partial charge in [0.15, 0.2) is 0 Å². The van der Waals surface area contributed by atoms with Crippen LogP contribution in [0.2, 0.25) is 0 Å². The van der Waals surface area contributed by atoms with E-state index in [9.17, 15) is 9.59 Å². The summed E-state index contributed by atoms with van der Waals surface area (Å²) in [5.74, 6) is -0.0981. The van der Waals surface area contributed by atoms with Crippen molar-refractivity contribution >= 4 is 28.4 Å². The van der Waals surface area contributed by atoms with Crippen molar-refractivity contribution in [1.29, 1.82) is 0 Å². The van der Waals surface area contributed by atoms with Crippen molar-refractivity contribution in [1.82, 2.24) is 14.9 Å². The molecule has 0 bridgehead atoms. The van der Waals surface area contributed by atoms with Crippen LogP contribution >= 0.6 is 0 Å². The van der Waals surface area contributed by atoms with Crippen LogP contribution in [-0.4, -0.2) is 39.8 Å². The van der Waals surface area contributed by atoms with Crippen LogP contribution in [0.1, 0.15) is 22.3 Å². The molecule has 2 aliphatic rings. The minimum absolute atomic E-state index is 0.0222. The van der Waals surface area contributed by atoms with E-state index in [1.165, 1.54) is 0 Å². The summed E-state index contributed by atoms with van der Waals surface area (Å²) in [6, 6.07) is 21.1. The first kappa shape index (κ1) is 18.7. The lowest BCUT2D eigenvalue weighted by atomic mass is 9.81. The monoisotopic (exact) mass is 420 g/mol. The third-order valence-corrected chi connectivity index (χ3v) is 6.60. The molecule has 6 nitrogen and oxygen atoms in total. The van der Waals surface area contributed by atoms with Gasteiger partial charge in [0.05, 0.1) is 22.2 Å². The van der Waals surface area contributed by atoms with Crippen molar-refractivity contribution in [2.75, 3.05) is 18.4 Å². The van der Waals surface area contributed by atoms with Crippen LogP contribution < -0.4 is 5.32 Å². The zero-order valence-electron chi connectivity index (χ0n) is 17.3. The molecule has 32 heavy (non-hydrogen) atoms. The summed E-state index contributed by atoms with van der Waals surface area (Å²) in [4.78, 5) is 37.4. The second kappa shape index (κ2) is 6.99. The molecule has 2 aromatic heterocycles. The summed E-state index contributed by atoms with van der Waals surface area (Å²) in [5, 5.41) is 3.81. The Balaban J connectivity index is 1.41. The molecule has 2 amide bonds. The fraction of sp³-hybridized carbons (Fsp3) is 0.154. The van der Waals surface area contributed by atoms with E-state index in [-0.39, 0.29) is 11.8 Å². The Morgan fingerprint density at radius 1 is 1.00 bits per heavy atom. The predicted molar refractivity (Wildman–Crippen MR) is 122 cm³/mol. The smallest absolute Gasteiger partial charge is 0.254 e. The molecule has 1 fully saturated rings. The topological polar surface area (TPSA) is 75.2 Å². The van der Waals surface area contributed by atoms with Gasteiger partial charge in [-0.1, -0.05) is 36.4 Å². The van der Waals surface area contributed by atoms with Gasteiger partial charge in [-0.3, -0.25) is 14.6 Å². The van der Waals surface area contributed by atoms with Gasteiger partial charge in [-0.15, -0.1) is 0 Å². The Morgan fingerprint density at radius 3 is 2.66 bits per heavy atom. The Bertz CT molecular complexity index is 1390. The number of amides is 2. The minimum Gasteiger partial charge on any atom is -0.337 e. The van der Waals surface area contributed by atoms with Gasteiger partial charge in [-0.2, -0.15) is 0 Å². The number of hydrogen-bond donors (Lipinski definition) is 1. The maximum atomic E-state index is 13.8. The number of rotatable bonds is 2. The first-order valence-electron chi connectivity index (χ1n) is 10.7. The van der Waals surface area contributed by atoms with Gasteiger partial charge in [0.25, 0.3) is 5.91 Å². The van der Waals surface area contributed by atoms with Crippen LogP contribution in [0.15, 0.2) is 79.1 Å². The van der Waals surface area contributed by atoms with Crippen molar-refractivity contribution in [3.63, 3.8) is 0 Å². The van der Waals surface area contributed by atoms with E-state index in [1.54, 1.807) is 17.3 Å². The SMILES string of the molecule is O=C(c1cc(-c2ccncc2)nc2ccccc12)N1CCC2(C1)C(=O)Nc1ccccc12. The molecule has 0 radical (unpaired) electrons. The number of benzene rings is 2. The van der Waals surface area contributed by atoms with E-state index < -0.39 is 5.41 Å². The van der Waals surface area contributed by atoms with Gasteiger partial charge in [-0.05, 0) is 42.3 Å². The number of likely N-dealkylation sites (tertiary alicyclic amines) is 1. The number of hydrogen-bond acceptors (Lipinski definition) is 4. The molecular formula is C26H20N4O2. The highest BCUT2D eigenvalue weighted by Crippen LogP contribution is 2.44. The Morgan fingerprint density at radius 2 is 1.78 bits per heavy atom. The number of pyridine rings is 2. The van der Waals surface area contributed by atoms with Crippen LogP contribution in [0, 0.1) is 0 Å². The van der Waals surface area contributed by atoms with E-state index in [0.717, 1.165) is 33.4 Å². The average molecular weight is 420 g/mol. The van der Waals surface area contributed by atoms with Crippen molar-refractivity contribution < 1.29 is 9.59 Å². The van der Waals surface area contributed by atoms with Crippen LogP contribution in [0.4, 0.5) is 5.69 Å². The molecule has 4 heterocycles. The fourth-order valence-electron chi connectivity index (χ4n) is 4.96. The predicted octanol–water partition coefficient (Wildman–Crippen LogP) is 4.03. The highest BCUT2D eigenvalue weighted by Gasteiger charge is 2.52. The highest BCUT2D eigenvalue weighted by atomic mass is 16.2. The normalized spacial score (nSPS) is 19.4. The molecule has 4 aromatic rings. The molecule has 1 saturated heterocycles. The lowest BCUT2D eigenvalue weighted by Gasteiger charge is -2.23. The van der Waals surface area contributed by atoms with Gasteiger partial charge in [0, 0.05) is 42.1 Å². The zero-order valence-corrected chi connectivity index (χ0v) is 17.3. The summed E-state index contributed by atoms with van der Waals surface area (Å²) in [5.41, 5.74) is 4.16. The summed E-state index contributed by atoms with van der Waals surface area (Å²) in [6.07, 6.45) is 4.05. The first-order valence-corrected chi connectivity index (χ1v) is 10.7. The molecule has 1 unspecified atom stereocenters. The molecule has 2 aromatic carbocycles. The van der Waals surface area contributed by atoms with Crippen LogP contribution in [0.5, 0.6) is 0 Å². The molecule has 156 valence electrons. The summed E-state index contributed by atoms with van der Waals surface area (Å²) < 4.78 is 0. The van der Waals surface area contributed by atoms with E-state index in [1.807, 2.05) is 66.7 Å². The second-order valence-electron chi connectivity index (χ2n) is 8.37. The van der Waals surface area contributed by atoms with E-state index in [2.05, 4.69) is 10.3 Å². The Labute approximate surface area is 184 Å². The van der Waals surface area contributed by atoms with E-state index in [4.69, 9.17) is 4.98 Å². The number of aromatic nitrogens is 2. The van der Waals surface area contributed by atoms with Crippen LogP contribution in [0.25, 0.3) is 22.2 Å². The largest absolute Gasteiger partial charge is 0.337 e. The molecule has 6 heteroatoms. The number of carbonyl (C=O) groups excluding carboxylic acids is 2. The molecule has 0 aliphatic carbocycles. The first-order chi connectivity index (χ1) is 15.7. The molecule has 0 saturated carbocycles. The molecular weight excluding hydrogens is 400 g/mol. The molecule has 1 atom stereocenters. The lowest BCUT2D eigenvalue weighted by Crippen LogP contribution is -2.39. The number of para-hydroxylation sites is 2. The third-order valence-electron chi connectivity index (χ3n) is 6.60. The Hall–Kier alpha value is -4.06. The molecule has 1 spiro atoms. The van der Waals surface area contributed by atoms with Crippen LogP contribution in [-0.2, 0) is 10.2 Å². The highest BCUT2D eigenvalue weighted by molar-refractivity contribution is 6.10. The third kappa shape index (κ3) is 2.73. The van der Waals surface area contributed by atoms with Crippen molar-refractivity contribution in [3.8, 4) is 11.3 Å². The maximum Gasteiger partial charge on any atom is 0.254 e. The van der Waals surface area contributed by atoms with E-state index >= 15 is 0 Å². The number of fused-ring (bicyclic) bond motifs is 3. The standard InChI is InChI=1S/C26H20N4O2/c31-24(30-14-11-26(16-30)20-6-2-4-8-22(20)29-25(26)32)19-15-23(17-9-12-27-13-10-17)28-21-7-3-1-5-18(19)21/h1-10,12-13,15H,11,14,16H2,(H,29,32). The number of carbonyl (C=O) groups is 2. The number of anilines is 1. The summed E-state index contributed by atoms with van der Waals surface area (Å²) >= 11 is 0. The minimum atomic E-state index is -0.678. The van der Waals surface area contributed by atoms with Gasteiger partial charge in [-0.25, -0.2) is 4.98 Å². The lowest BCUT2D eigenvalue weighted by molar-refractivity contribution is -0.120. The average Bonchev–Trinajstić information content (AvgIpc) is 3.41. The Kier molecular flexibility index (Phi) is 4.08. The summed E-state index contributed by atoms with van der Waals surface area (Å²) in [6.45, 7) is 0.901. The fourth-order valence-corrected chi connectivity index (χ4v) is 4.96. The van der Waals surface area contributed by atoms with Gasteiger partial charge >= 0.3 is 0 Å². The maximum absolute atomic E-state index is 13.8. The van der Waals surface area contributed by atoms with E-state index in [0.29, 0.717) is 25.1 Å². The van der Waals surface area contributed by atoms with Gasteiger partial charge < -0.3 is 10.2 Å². The summed E-state index contributed by atoms with van der Waals surface area (Å²) in [7, 11) is 0. The van der Waals surface area contributed by atoms with Crippen LogP contribution in [0.3, 0.4) is 0 Å². The number of nitrogens with one attached hydrogen (secondary N) is 1. The molecule has 2 aliphatic heterocycles. The van der Waals surface area contributed by atoms with Crippen molar-refractivity contribution in [2.45, 2.75) is 11.8 Å². The van der Waals surface area contributed by atoms with Gasteiger partial charge in [0.2, 0.25) is 5.91 Å². The van der Waals surface area contributed by atoms with Gasteiger partial charge in [0.1, 0.15) is 0 Å². The zero-order chi connectivity index (χ0) is 21.7. The second-order valence-corrected chi connectivity index (χ2v) is 8.37. The van der Waals surface area contributed by atoms with Crippen molar-refractivity contribution in [3.05, 3.63) is 90.3 Å². The number of nitrogens with zero attached hydrogens (tertiary/aromatic N) is 3. The molecule has 6 rings (SSSR count).